The summed E-state index contributed by atoms with van der Waals surface area (Å²) < 4.78 is 0. The minimum atomic E-state index is 0. The average molecular weight is 275 g/mol. The molecule has 1 saturated heterocycles. The Balaban J connectivity index is 0.00000162. The molecule has 0 aromatic rings. The number of rotatable bonds is 2. The summed E-state index contributed by atoms with van der Waals surface area (Å²) >= 11 is 0. The van der Waals surface area contributed by atoms with Gasteiger partial charge in [-0.3, -0.25) is 4.79 Å². The second kappa shape index (κ2) is 7.34. The fourth-order valence-corrected chi connectivity index (χ4v) is 3.26. The number of amides is 1. The van der Waals surface area contributed by atoms with Gasteiger partial charge in [0.1, 0.15) is 0 Å². The Kier molecular flexibility index (Phi) is 6.44. The molecule has 1 heterocycles. The summed E-state index contributed by atoms with van der Waals surface area (Å²) in [5.74, 6) is 1.95. The minimum absolute atomic E-state index is 0. The van der Waals surface area contributed by atoms with Gasteiger partial charge in [-0.25, -0.2) is 0 Å². The average Bonchev–Trinajstić information content (AvgIpc) is 2.34. The van der Waals surface area contributed by atoms with Crippen LogP contribution in [0.3, 0.4) is 0 Å². The topological polar surface area (TPSA) is 41.1 Å². The molecule has 1 saturated carbocycles. The van der Waals surface area contributed by atoms with Crippen molar-refractivity contribution in [3.63, 3.8) is 0 Å². The van der Waals surface area contributed by atoms with Crippen LogP contribution in [-0.2, 0) is 4.79 Å². The lowest BCUT2D eigenvalue weighted by Gasteiger charge is -2.34. The van der Waals surface area contributed by atoms with E-state index in [-0.39, 0.29) is 24.2 Å². The first-order valence-electron chi connectivity index (χ1n) is 7.18. The molecule has 4 heteroatoms. The van der Waals surface area contributed by atoms with Gasteiger partial charge in [0.05, 0.1) is 5.92 Å². The fourth-order valence-electron chi connectivity index (χ4n) is 3.26. The van der Waals surface area contributed by atoms with Crippen LogP contribution in [0.1, 0.15) is 46.0 Å². The maximum Gasteiger partial charge on any atom is 0.224 e. The Morgan fingerprint density at radius 3 is 2.61 bits per heavy atom. The number of carbonyl (C=O) groups excluding carboxylic acids is 1. The molecular weight excluding hydrogens is 248 g/mol. The molecule has 1 aliphatic heterocycles. The van der Waals surface area contributed by atoms with Crippen LogP contribution in [0.4, 0.5) is 0 Å². The number of piperidine rings is 1. The zero-order chi connectivity index (χ0) is 12.3. The summed E-state index contributed by atoms with van der Waals surface area (Å²) in [4.78, 5) is 12.1. The summed E-state index contributed by atoms with van der Waals surface area (Å²) in [5.41, 5.74) is 0. The van der Waals surface area contributed by atoms with E-state index in [9.17, 15) is 4.79 Å². The maximum absolute atomic E-state index is 12.1. The van der Waals surface area contributed by atoms with E-state index in [2.05, 4.69) is 24.5 Å². The zero-order valence-electron chi connectivity index (χ0n) is 11.6. The lowest BCUT2D eigenvalue weighted by atomic mass is 9.79. The first-order chi connectivity index (χ1) is 8.16. The minimum Gasteiger partial charge on any atom is -0.353 e. The molecule has 106 valence electrons. The summed E-state index contributed by atoms with van der Waals surface area (Å²) in [6.45, 7) is 6.53. The highest BCUT2D eigenvalue weighted by molar-refractivity contribution is 5.85. The monoisotopic (exact) mass is 274 g/mol. The SMILES string of the molecule is CC1CCC(NC(=O)[C@@H]2CCCNC2)C(C)C1.Cl. The Bertz CT molecular complexity index is 267. The summed E-state index contributed by atoms with van der Waals surface area (Å²) in [6, 6.07) is 0.417. The Hall–Kier alpha value is -0.280. The van der Waals surface area contributed by atoms with Gasteiger partial charge in [0.25, 0.3) is 0 Å². The molecule has 1 amide bonds. The molecule has 0 bridgehead atoms. The molecule has 0 spiro atoms. The van der Waals surface area contributed by atoms with E-state index in [1.165, 1.54) is 12.8 Å². The number of halogens is 1. The van der Waals surface area contributed by atoms with Crippen molar-refractivity contribution in [2.75, 3.05) is 13.1 Å². The Labute approximate surface area is 117 Å². The highest BCUT2D eigenvalue weighted by atomic mass is 35.5. The molecule has 1 aliphatic carbocycles. The van der Waals surface area contributed by atoms with E-state index >= 15 is 0 Å². The molecule has 2 rings (SSSR count). The van der Waals surface area contributed by atoms with Crippen molar-refractivity contribution in [3.8, 4) is 0 Å². The van der Waals surface area contributed by atoms with Gasteiger partial charge in [-0.2, -0.15) is 0 Å². The van der Waals surface area contributed by atoms with Crippen molar-refractivity contribution < 1.29 is 4.79 Å². The maximum atomic E-state index is 12.1. The van der Waals surface area contributed by atoms with Gasteiger partial charge in [0.2, 0.25) is 5.91 Å². The number of nitrogens with one attached hydrogen (secondary N) is 2. The highest BCUT2D eigenvalue weighted by Gasteiger charge is 2.29. The lowest BCUT2D eigenvalue weighted by molar-refractivity contribution is -0.126. The van der Waals surface area contributed by atoms with Crippen LogP contribution >= 0.6 is 12.4 Å². The highest BCUT2D eigenvalue weighted by Crippen LogP contribution is 2.28. The normalized spacial score (nSPS) is 36.6. The van der Waals surface area contributed by atoms with Gasteiger partial charge < -0.3 is 10.6 Å². The van der Waals surface area contributed by atoms with Crippen molar-refractivity contribution in [1.29, 1.82) is 0 Å². The van der Waals surface area contributed by atoms with Gasteiger partial charge in [-0.1, -0.05) is 13.8 Å². The third-order valence-electron chi connectivity index (χ3n) is 4.43. The van der Waals surface area contributed by atoms with Gasteiger partial charge in [0, 0.05) is 12.6 Å². The van der Waals surface area contributed by atoms with Crippen LogP contribution in [0.2, 0.25) is 0 Å². The molecular formula is C14H27ClN2O. The molecule has 0 aromatic heterocycles. The van der Waals surface area contributed by atoms with Crippen LogP contribution in [0.15, 0.2) is 0 Å². The van der Waals surface area contributed by atoms with Crippen LogP contribution in [0.25, 0.3) is 0 Å². The van der Waals surface area contributed by atoms with E-state index in [0.29, 0.717) is 12.0 Å². The predicted octanol–water partition coefficient (Wildman–Crippen LogP) is 2.35. The largest absolute Gasteiger partial charge is 0.353 e. The number of carbonyl (C=O) groups is 1. The van der Waals surface area contributed by atoms with E-state index in [1.807, 2.05) is 0 Å². The second-order valence-electron chi connectivity index (χ2n) is 6.05. The van der Waals surface area contributed by atoms with Crippen molar-refractivity contribution in [2.45, 2.75) is 52.0 Å². The molecule has 2 N–H and O–H groups in total. The zero-order valence-corrected chi connectivity index (χ0v) is 12.4. The molecule has 4 atom stereocenters. The summed E-state index contributed by atoms with van der Waals surface area (Å²) in [5, 5.41) is 6.59. The van der Waals surface area contributed by atoms with Crippen LogP contribution in [-0.4, -0.2) is 25.0 Å². The molecule has 3 unspecified atom stereocenters. The number of hydrogen-bond donors (Lipinski definition) is 2. The second-order valence-corrected chi connectivity index (χ2v) is 6.05. The summed E-state index contributed by atoms with van der Waals surface area (Å²) in [7, 11) is 0. The van der Waals surface area contributed by atoms with Crippen molar-refractivity contribution in [1.82, 2.24) is 10.6 Å². The van der Waals surface area contributed by atoms with Gasteiger partial charge in [0.15, 0.2) is 0 Å². The summed E-state index contributed by atoms with van der Waals surface area (Å²) in [6.07, 6.45) is 5.87. The molecule has 0 radical (unpaired) electrons. The van der Waals surface area contributed by atoms with Gasteiger partial charge in [-0.05, 0) is 50.5 Å². The van der Waals surface area contributed by atoms with Crippen LogP contribution < -0.4 is 10.6 Å². The molecule has 2 aliphatic rings. The van der Waals surface area contributed by atoms with E-state index < -0.39 is 0 Å². The fraction of sp³-hybridized carbons (Fsp3) is 0.929. The molecule has 18 heavy (non-hydrogen) atoms. The van der Waals surface area contributed by atoms with E-state index in [0.717, 1.165) is 38.3 Å². The number of hydrogen-bond acceptors (Lipinski definition) is 2. The first kappa shape index (κ1) is 15.8. The van der Waals surface area contributed by atoms with Crippen molar-refractivity contribution >= 4 is 18.3 Å². The lowest BCUT2D eigenvalue weighted by Crippen LogP contribution is -2.47. The third kappa shape index (κ3) is 4.13. The van der Waals surface area contributed by atoms with Gasteiger partial charge in [-0.15, -0.1) is 12.4 Å². The third-order valence-corrected chi connectivity index (χ3v) is 4.43. The van der Waals surface area contributed by atoms with E-state index in [1.54, 1.807) is 0 Å². The Morgan fingerprint density at radius 1 is 1.22 bits per heavy atom. The molecule has 0 aromatic carbocycles. The predicted molar refractivity (Wildman–Crippen MR) is 77.0 cm³/mol. The van der Waals surface area contributed by atoms with Crippen LogP contribution in [0, 0.1) is 17.8 Å². The van der Waals surface area contributed by atoms with Crippen molar-refractivity contribution in [2.24, 2.45) is 17.8 Å². The van der Waals surface area contributed by atoms with Crippen molar-refractivity contribution in [3.05, 3.63) is 0 Å². The van der Waals surface area contributed by atoms with Gasteiger partial charge >= 0.3 is 0 Å². The quantitative estimate of drug-likeness (QED) is 0.812. The molecule has 3 nitrogen and oxygen atoms in total. The standard InChI is InChI=1S/C14H26N2O.ClH/c1-10-5-6-13(11(2)8-10)16-14(17)12-4-3-7-15-9-12;/h10-13,15H,3-9H2,1-2H3,(H,16,17);1H/t10?,11?,12-,13?;/m1./s1. The molecule has 2 fully saturated rings. The van der Waals surface area contributed by atoms with Crippen LogP contribution in [0.5, 0.6) is 0 Å². The van der Waals surface area contributed by atoms with E-state index in [4.69, 9.17) is 0 Å². The smallest absolute Gasteiger partial charge is 0.224 e. The first-order valence-corrected chi connectivity index (χ1v) is 7.18. The Morgan fingerprint density at radius 2 is 2.00 bits per heavy atom.